The van der Waals surface area contributed by atoms with Gasteiger partial charge < -0.3 is 15.7 Å². The Morgan fingerprint density at radius 3 is 2.09 bits per heavy atom. The molecule has 0 saturated carbocycles. The van der Waals surface area contributed by atoms with Crippen molar-refractivity contribution in [1.29, 1.82) is 0 Å². The summed E-state index contributed by atoms with van der Waals surface area (Å²) in [5, 5.41) is 18.5. The highest BCUT2D eigenvalue weighted by Gasteiger charge is 2.65. The van der Waals surface area contributed by atoms with Crippen LogP contribution in [0.1, 0.15) is 30.4 Å². The van der Waals surface area contributed by atoms with Gasteiger partial charge in [-0.15, -0.1) is 10.2 Å². The van der Waals surface area contributed by atoms with Crippen molar-refractivity contribution in [3.63, 3.8) is 0 Å². The fourth-order valence-corrected chi connectivity index (χ4v) is 2.86. The average molecular weight is 490 g/mol. The number of carboxylic acid groups (broad SMARTS) is 1. The number of carbonyl (C=O) groups is 2. The largest absolute Gasteiger partial charge is 0.490 e. The molecule has 1 fully saturated rings. The predicted octanol–water partition coefficient (Wildman–Crippen LogP) is 3.89. The molecule has 1 aromatic carbocycles. The minimum Gasteiger partial charge on any atom is -0.475 e. The van der Waals surface area contributed by atoms with Crippen molar-refractivity contribution in [2.75, 3.05) is 6.54 Å². The molecule has 1 aromatic rings. The number of benzene rings is 1. The Labute approximate surface area is 181 Å². The molecule has 1 saturated heterocycles. The molecule has 1 amide bonds. The molecular weight excluding hydrogens is 472 g/mol. The molecule has 0 spiro atoms. The van der Waals surface area contributed by atoms with Crippen LogP contribution >= 0.6 is 0 Å². The second-order valence-corrected chi connectivity index (χ2v) is 7.27. The van der Waals surface area contributed by atoms with Crippen molar-refractivity contribution >= 4 is 11.9 Å². The van der Waals surface area contributed by atoms with Crippen LogP contribution in [0.5, 0.6) is 0 Å². The van der Waals surface area contributed by atoms with Gasteiger partial charge in [-0.1, -0.05) is 24.3 Å². The SMILES string of the molecule is O=C(NCc1ccc(C2(C(F)(F)F)N=N2)cc1)C1CCCC(F)(F)CN1.O=C(O)C(F)(F)F. The lowest BCUT2D eigenvalue weighted by Crippen LogP contribution is -2.45. The van der Waals surface area contributed by atoms with E-state index in [1.54, 1.807) is 0 Å². The van der Waals surface area contributed by atoms with E-state index in [0.717, 1.165) is 0 Å². The summed E-state index contributed by atoms with van der Waals surface area (Å²) in [6.45, 7) is -0.465. The van der Waals surface area contributed by atoms with Crippen LogP contribution in [0, 0.1) is 0 Å². The molecule has 15 heteroatoms. The lowest BCUT2D eigenvalue weighted by Gasteiger charge is -2.17. The van der Waals surface area contributed by atoms with Crippen LogP contribution in [0.2, 0.25) is 0 Å². The third-order valence-corrected chi connectivity index (χ3v) is 4.72. The number of rotatable bonds is 4. The lowest BCUT2D eigenvalue weighted by atomic mass is 10.0. The molecule has 33 heavy (non-hydrogen) atoms. The number of carbonyl (C=O) groups excluding carboxylic acids is 1. The maximum Gasteiger partial charge on any atom is 0.490 e. The van der Waals surface area contributed by atoms with Gasteiger partial charge in [0.2, 0.25) is 5.91 Å². The number of hydrogen-bond acceptors (Lipinski definition) is 5. The van der Waals surface area contributed by atoms with Crippen molar-refractivity contribution < 1.29 is 49.8 Å². The van der Waals surface area contributed by atoms with Gasteiger partial charge >= 0.3 is 24.0 Å². The van der Waals surface area contributed by atoms with E-state index in [9.17, 15) is 39.9 Å². The van der Waals surface area contributed by atoms with E-state index in [1.807, 2.05) is 0 Å². The summed E-state index contributed by atoms with van der Waals surface area (Å²) in [4.78, 5) is 21.0. The lowest BCUT2D eigenvalue weighted by molar-refractivity contribution is -0.192. The molecule has 1 atom stereocenters. The van der Waals surface area contributed by atoms with Crippen molar-refractivity contribution in [1.82, 2.24) is 10.6 Å². The number of nitrogens with one attached hydrogen (secondary N) is 2. The number of carboxylic acids is 1. The molecule has 0 aromatic heterocycles. The summed E-state index contributed by atoms with van der Waals surface area (Å²) in [6.07, 6.45) is -9.39. The van der Waals surface area contributed by atoms with Crippen LogP contribution in [0.3, 0.4) is 0 Å². The van der Waals surface area contributed by atoms with Crippen LogP contribution in [-0.4, -0.2) is 47.8 Å². The van der Waals surface area contributed by atoms with E-state index in [0.29, 0.717) is 12.0 Å². The van der Waals surface area contributed by atoms with Crippen molar-refractivity contribution in [3.8, 4) is 0 Å². The fraction of sp³-hybridized carbons (Fsp3) is 0.556. The van der Waals surface area contributed by atoms with Gasteiger partial charge in [-0.2, -0.15) is 26.3 Å². The molecule has 2 heterocycles. The summed E-state index contributed by atoms with van der Waals surface area (Å²) in [5.74, 6) is -5.99. The van der Waals surface area contributed by atoms with E-state index in [-0.39, 0.29) is 24.9 Å². The highest BCUT2D eigenvalue weighted by molar-refractivity contribution is 5.81. The molecule has 2 aliphatic heterocycles. The van der Waals surface area contributed by atoms with E-state index in [2.05, 4.69) is 20.9 Å². The Balaban J connectivity index is 0.000000479. The third-order valence-electron chi connectivity index (χ3n) is 4.72. The van der Waals surface area contributed by atoms with Gasteiger partial charge in [0.1, 0.15) is 0 Å². The zero-order valence-electron chi connectivity index (χ0n) is 16.6. The van der Waals surface area contributed by atoms with Crippen molar-refractivity contribution in [2.24, 2.45) is 10.2 Å². The van der Waals surface area contributed by atoms with Gasteiger partial charge in [0.05, 0.1) is 12.6 Å². The number of amides is 1. The standard InChI is InChI=1S/C16H17F5N4O.C2HF3O2/c17-14(18)7-1-2-12(23-9-14)13(26)22-8-10-3-5-11(6-4-10)15(24-25-15)16(19,20)21;3-2(4,5)1(6)7/h3-6,12,23H,1-2,7-9H2,(H,22,26);(H,6,7). The molecule has 0 bridgehead atoms. The second kappa shape index (κ2) is 9.57. The molecule has 184 valence electrons. The predicted molar refractivity (Wildman–Crippen MR) is 95.2 cm³/mol. The van der Waals surface area contributed by atoms with Gasteiger partial charge in [0.25, 0.3) is 5.92 Å². The van der Waals surface area contributed by atoms with E-state index in [1.165, 1.54) is 24.3 Å². The number of alkyl halides is 8. The topological polar surface area (TPSA) is 103 Å². The number of hydrogen-bond donors (Lipinski definition) is 3. The van der Waals surface area contributed by atoms with Crippen molar-refractivity contribution in [2.45, 2.75) is 55.8 Å². The Hall–Kier alpha value is -2.84. The van der Waals surface area contributed by atoms with E-state index >= 15 is 0 Å². The van der Waals surface area contributed by atoms with Gasteiger partial charge in [-0.3, -0.25) is 4.79 Å². The molecule has 0 aliphatic carbocycles. The number of halogens is 8. The Morgan fingerprint density at radius 1 is 1.09 bits per heavy atom. The molecule has 3 N–H and O–H groups in total. The van der Waals surface area contributed by atoms with Crippen molar-refractivity contribution in [3.05, 3.63) is 35.4 Å². The van der Waals surface area contributed by atoms with Gasteiger partial charge in [-0.05, 0) is 18.4 Å². The van der Waals surface area contributed by atoms with Crippen LogP contribution in [0.4, 0.5) is 35.1 Å². The Kier molecular flexibility index (Phi) is 7.66. The Morgan fingerprint density at radius 2 is 1.64 bits per heavy atom. The summed E-state index contributed by atoms with van der Waals surface area (Å²) in [7, 11) is 0. The van der Waals surface area contributed by atoms with E-state index in [4.69, 9.17) is 9.90 Å². The zero-order chi connectivity index (χ0) is 25.1. The highest BCUT2D eigenvalue weighted by atomic mass is 19.4. The van der Waals surface area contributed by atoms with Gasteiger partial charge in [0, 0.05) is 18.5 Å². The molecule has 1 unspecified atom stereocenters. The fourth-order valence-electron chi connectivity index (χ4n) is 2.86. The molecule has 3 rings (SSSR count). The smallest absolute Gasteiger partial charge is 0.475 e. The van der Waals surface area contributed by atoms with Gasteiger partial charge in [0.15, 0.2) is 0 Å². The number of aliphatic carboxylic acids is 1. The highest BCUT2D eigenvalue weighted by Crippen LogP contribution is 2.52. The summed E-state index contributed by atoms with van der Waals surface area (Å²) >= 11 is 0. The quantitative estimate of drug-likeness (QED) is 0.558. The molecule has 2 aliphatic rings. The van der Waals surface area contributed by atoms with Crippen LogP contribution in [0.15, 0.2) is 34.5 Å². The number of nitrogens with zero attached hydrogens (tertiary/aromatic N) is 2. The first kappa shape index (κ1) is 26.4. The first-order valence-corrected chi connectivity index (χ1v) is 9.37. The summed E-state index contributed by atoms with van der Waals surface area (Å²) in [6, 6.07) is 4.71. The van der Waals surface area contributed by atoms with E-state index < -0.39 is 48.4 Å². The first-order valence-electron chi connectivity index (χ1n) is 9.37. The average Bonchev–Trinajstić information content (AvgIpc) is 3.51. The van der Waals surface area contributed by atoms with Crippen LogP contribution in [-0.2, 0) is 21.8 Å². The first-order chi connectivity index (χ1) is 15.1. The molecule has 0 radical (unpaired) electrons. The van der Waals surface area contributed by atoms with Gasteiger partial charge in [-0.25, -0.2) is 13.6 Å². The van der Waals surface area contributed by atoms with Crippen LogP contribution in [0.25, 0.3) is 0 Å². The zero-order valence-corrected chi connectivity index (χ0v) is 16.6. The Bertz CT molecular complexity index is 878. The maximum atomic E-state index is 13.3. The second-order valence-electron chi connectivity index (χ2n) is 7.27. The third kappa shape index (κ3) is 7.07. The van der Waals surface area contributed by atoms with Crippen LogP contribution < -0.4 is 10.6 Å². The summed E-state index contributed by atoms with van der Waals surface area (Å²) in [5.41, 5.74) is -1.98. The molecule has 7 nitrogen and oxygen atoms in total. The minimum atomic E-state index is -5.08. The minimum absolute atomic E-state index is 0.0843. The monoisotopic (exact) mass is 490 g/mol. The molecular formula is C18H18F8N4O3. The summed E-state index contributed by atoms with van der Waals surface area (Å²) < 4.78 is 97.1. The maximum absolute atomic E-state index is 13.3. The normalized spacial score (nSPS) is 21.3.